The molecule has 3 rings (SSSR count). The topological polar surface area (TPSA) is 39.0 Å². The zero-order valence-electron chi connectivity index (χ0n) is 13.5. The molecular formula is C20H14ClFN2OS. The van der Waals surface area contributed by atoms with Crippen molar-refractivity contribution in [1.82, 2.24) is 0 Å². The smallest absolute Gasteiger partial charge is 0.238 e. The van der Waals surface area contributed by atoms with Crippen LogP contribution in [0.15, 0.2) is 79.1 Å². The molecule has 3 aromatic rings. The molecule has 0 aliphatic carbocycles. The maximum Gasteiger partial charge on any atom is 0.238 e. The molecule has 0 unspecified atom stereocenters. The summed E-state index contributed by atoms with van der Waals surface area (Å²) in [4.78, 5) is 0.0937. The zero-order chi connectivity index (χ0) is 18.5. The van der Waals surface area contributed by atoms with E-state index in [2.05, 4.69) is 5.32 Å². The molecule has 1 N–H and O–H groups in total. The predicted molar refractivity (Wildman–Crippen MR) is 104 cm³/mol. The third-order valence-corrected chi connectivity index (χ3v) is 4.27. The largest absolute Gasteiger partial charge is 0.867 e. The minimum atomic E-state index is -0.461. The van der Waals surface area contributed by atoms with Gasteiger partial charge in [-0.25, -0.2) is 4.39 Å². The third kappa shape index (κ3) is 3.90. The van der Waals surface area contributed by atoms with Gasteiger partial charge >= 0.3 is 0 Å². The number of para-hydroxylation sites is 1. The molecule has 1 heterocycles. The standard InChI is InChI=1S/C20H14ClFN2OS/c21-15-9-3-2-8-14(15)19(25)18(24-12-6-1-7-13-24)20(26)23-17-11-5-4-10-16(17)22/h1-13H,(H-,23,25,26). The van der Waals surface area contributed by atoms with E-state index in [9.17, 15) is 9.50 Å². The number of nitrogens with one attached hydrogen (secondary N) is 1. The molecule has 3 nitrogen and oxygen atoms in total. The number of nitrogens with zero attached hydrogens (tertiary/aromatic N) is 1. The van der Waals surface area contributed by atoms with E-state index in [1.165, 1.54) is 6.07 Å². The summed E-state index contributed by atoms with van der Waals surface area (Å²) in [6.07, 6.45) is 3.39. The van der Waals surface area contributed by atoms with Gasteiger partial charge in [-0.15, -0.1) is 0 Å². The maximum absolute atomic E-state index is 14.0. The molecule has 0 radical (unpaired) electrons. The summed E-state index contributed by atoms with van der Waals surface area (Å²) in [5.74, 6) is -0.821. The van der Waals surface area contributed by atoms with E-state index in [1.807, 2.05) is 6.07 Å². The molecule has 0 aliphatic heterocycles. The molecule has 6 heteroatoms. The molecule has 1 aromatic heterocycles. The van der Waals surface area contributed by atoms with Crippen LogP contribution in [0.1, 0.15) is 5.56 Å². The molecule has 0 amide bonds. The van der Waals surface area contributed by atoms with E-state index >= 15 is 0 Å². The Balaban J connectivity index is 2.10. The van der Waals surface area contributed by atoms with Crippen molar-refractivity contribution in [3.05, 3.63) is 95.5 Å². The molecule has 0 fully saturated rings. The van der Waals surface area contributed by atoms with E-state index < -0.39 is 5.82 Å². The molecule has 0 saturated heterocycles. The van der Waals surface area contributed by atoms with Crippen LogP contribution < -0.4 is 15.0 Å². The van der Waals surface area contributed by atoms with Gasteiger partial charge in [-0.2, -0.15) is 4.57 Å². The lowest BCUT2D eigenvalue weighted by Gasteiger charge is -2.18. The molecule has 26 heavy (non-hydrogen) atoms. The lowest BCUT2D eigenvalue weighted by Crippen LogP contribution is -2.39. The first-order chi connectivity index (χ1) is 12.6. The van der Waals surface area contributed by atoms with Crippen molar-refractivity contribution in [2.75, 3.05) is 5.32 Å². The number of aromatic nitrogens is 1. The summed E-state index contributed by atoms with van der Waals surface area (Å²) in [6.45, 7) is 0. The lowest BCUT2D eigenvalue weighted by molar-refractivity contribution is -0.577. The molecular weight excluding hydrogens is 371 g/mol. The Morgan fingerprint density at radius 3 is 2.31 bits per heavy atom. The van der Waals surface area contributed by atoms with Crippen molar-refractivity contribution < 1.29 is 14.1 Å². The fraction of sp³-hybridized carbons (Fsp3) is 0. The van der Waals surface area contributed by atoms with Gasteiger partial charge < -0.3 is 10.4 Å². The van der Waals surface area contributed by atoms with Gasteiger partial charge in [-0.3, -0.25) is 0 Å². The van der Waals surface area contributed by atoms with Gasteiger partial charge in [-0.05, 0) is 29.5 Å². The van der Waals surface area contributed by atoms with Crippen molar-refractivity contribution in [1.29, 1.82) is 0 Å². The van der Waals surface area contributed by atoms with E-state index in [4.69, 9.17) is 23.8 Å². The summed E-state index contributed by atoms with van der Waals surface area (Å²) in [5.41, 5.74) is 0.689. The van der Waals surface area contributed by atoms with Crippen LogP contribution in [-0.2, 0) is 0 Å². The van der Waals surface area contributed by atoms with Crippen LogP contribution in [0.4, 0.5) is 10.1 Å². The highest BCUT2D eigenvalue weighted by atomic mass is 35.5. The van der Waals surface area contributed by atoms with Crippen LogP contribution in [0, 0.1) is 5.82 Å². The number of pyridine rings is 1. The molecule has 2 aromatic carbocycles. The summed E-state index contributed by atoms with van der Waals surface area (Å²) < 4.78 is 15.5. The second-order valence-corrected chi connectivity index (χ2v) is 6.19. The van der Waals surface area contributed by atoms with E-state index in [1.54, 1.807) is 71.6 Å². The molecule has 130 valence electrons. The fourth-order valence-electron chi connectivity index (χ4n) is 2.40. The first-order valence-electron chi connectivity index (χ1n) is 7.76. The van der Waals surface area contributed by atoms with Gasteiger partial charge in [0, 0.05) is 17.2 Å². The Hall–Kier alpha value is -2.76. The number of rotatable bonds is 4. The summed E-state index contributed by atoms with van der Waals surface area (Å²) in [5, 5.41) is 16.3. The van der Waals surface area contributed by atoms with Crippen LogP contribution in [0.2, 0.25) is 5.02 Å². The quantitative estimate of drug-likeness (QED) is 0.321. The zero-order valence-corrected chi connectivity index (χ0v) is 15.1. The fourth-order valence-corrected chi connectivity index (χ4v) is 2.93. The number of hydrogen-bond acceptors (Lipinski definition) is 2. The molecule has 0 spiro atoms. The van der Waals surface area contributed by atoms with Gasteiger partial charge in [0.25, 0.3) is 0 Å². The molecule has 0 atom stereocenters. The number of hydrogen-bond donors (Lipinski definition) is 1. The van der Waals surface area contributed by atoms with Gasteiger partial charge in [-0.1, -0.05) is 60.2 Å². The normalized spacial score (nSPS) is 11.6. The lowest BCUT2D eigenvalue weighted by atomic mass is 10.1. The molecule has 0 bridgehead atoms. The van der Waals surface area contributed by atoms with Crippen molar-refractivity contribution in [2.24, 2.45) is 0 Å². The van der Waals surface area contributed by atoms with Crippen LogP contribution in [0.5, 0.6) is 0 Å². The molecule has 0 aliphatic rings. The van der Waals surface area contributed by atoms with E-state index in [0.29, 0.717) is 10.6 Å². The Bertz CT molecular complexity index is 976. The van der Waals surface area contributed by atoms with Crippen molar-refractivity contribution in [3.63, 3.8) is 0 Å². The maximum atomic E-state index is 14.0. The van der Waals surface area contributed by atoms with E-state index in [-0.39, 0.29) is 22.1 Å². The monoisotopic (exact) mass is 384 g/mol. The minimum absolute atomic E-state index is 0.0937. The summed E-state index contributed by atoms with van der Waals surface area (Å²) in [7, 11) is 0. The van der Waals surface area contributed by atoms with Crippen LogP contribution >= 0.6 is 23.8 Å². The first-order valence-corrected chi connectivity index (χ1v) is 8.55. The Labute approximate surface area is 161 Å². The van der Waals surface area contributed by atoms with Gasteiger partial charge in [0.2, 0.25) is 5.70 Å². The highest BCUT2D eigenvalue weighted by Crippen LogP contribution is 2.24. The number of anilines is 1. The van der Waals surface area contributed by atoms with Crippen LogP contribution in [-0.4, -0.2) is 4.99 Å². The van der Waals surface area contributed by atoms with E-state index in [0.717, 1.165) is 0 Å². The Morgan fingerprint density at radius 2 is 1.62 bits per heavy atom. The Kier molecular flexibility index (Phi) is 5.61. The Morgan fingerprint density at radius 1 is 0.962 bits per heavy atom. The SMILES string of the molecule is [O-]C(=C(C(=S)Nc1ccccc1F)[n+]1ccccc1)c1ccccc1Cl. The van der Waals surface area contributed by atoms with Crippen LogP contribution in [0.25, 0.3) is 11.5 Å². The summed E-state index contributed by atoms with van der Waals surface area (Å²) in [6, 6.07) is 18.2. The van der Waals surface area contributed by atoms with Crippen LogP contribution in [0.3, 0.4) is 0 Å². The average molecular weight is 385 g/mol. The second-order valence-electron chi connectivity index (χ2n) is 5.37. The number of halogens is 2. The van der Waals surface area contributed by atoms with Crippen molar-refractivity contribution in [2.45, 2.75) is 0 Å². The van der Waals surface area contributed by atoms with Gasteiger partial charge in [0.1, 0.15) is 5.82 Å². The first kappa shape index (κ1) is 18.0. The second kappa shape index (κ2) is 8.08. The molecule has 0 saturated carbocycles. The summed E-state index contributed by atoms with van der Waals surface area (Å²) >= 11 is 11.6. The van der Waals surface area contributed by atoms with Gasteiger partial charge in [0.15, 0.2) is 17.4 Å². The number of benzene rings is 2. The van der Waals surface area contributed by atoms with Crippen molar-refractivity contribution >= 4 is 46.0 Å². The highest BCUT2D eigenvalue weighted by molar-refractivity contribution is 7.81. The van der Waals surface area contributed by atoms with Crippen molar-refractivity contribution in [3.8, 4) is 0 Å². The predicted octanol–water partition coefficient (Wildman–Crippen LogP) is 3.89. The minimum Gasteiger partial charge on any atom is -0.867 e. The number of thiocarbonyl (C=S) groups is 1. The average Bonchev–Trinajstić information content (AvgIpc) is 2.65. The third-order valence-electron chi connectivity index (χ3n) is 3.64. The van der Waals surface area contributed by atoms with Gasteiger partial charge in [0.05, 0.1) is 5.69 Å². The highest BCUT2D eigenvalue weighted by Gasteiger charge is 2.20.